The van der Waals surface area contributed by atoms with Gasteiger partial charge in [-0.05, 0) is 113 Å². The second-order valence-electron chi connectivity index (χ2n) is 13.3. The molecule has 0 N–H and O–H groups in total. The van der Waals surface area contributed by atoms with Gasteiger partial charge in [0.15, 0.2) is 5.84 Å². The highest BCUT2D eigenvalue weighted by Crippen LogP contribution is 2.32. The van der Waals surface area contributed by atoms with Gasteiger partial charge < -0.3 is 4.57 Å². The molecule has 1 aromatic heterocycles. The van der Waals surface area contributed by atoms with Crippen molar-refractivity contribution in [3.8, 4) is 39.1 Å². The molecule has 0 amide bonds. The van der Waals surface area contributed by atoms with Crippen LogP contribution in [0, 0.1) is 0 Å². The molecule has 3 nitrogen and oxygen atoms in total. The first-order valence-corrected chi connectivity index (χ1v) is 18.7. The zero-order valence-corrected chi connectivity index (χ0v) is 31.3. The predicted octanol–water partition coefficient (Wildman–Crippen LogP) is 13.4. The largest absolute Gasteiger partial charge is 0.317 e. The number of aromatic nitrogens is 1. The van der Waals surface area contributed by atoms with Crippen molar-refractivity contribution in [1.82, 2.24) is 4.57 Å². The van der Waals surface area contributed by atoms with Crippen LogP contribution in [0.2, 0.25) is 0 Å². The van der Waals surface area contributed by atoms with E-state index in [2.05, 4.69) is 179 Å². The topological polar surface area (TPSA) is 29.6 Å². The van der Waals surface area contributed by atoms with E-state index in [-0.39, 0.29) is 6.04 Å². The van der Waals surface area contributed by atoms with Gasteiger partial charge in [0, 0.05) is 33.0 Å². The predicted molar refractivity (Wildman–Crippen MR) is 227 cm³/mol. The number of fused-ring (bicyclic) bond motifs is 1. The van der Waals surface area contributed by atoms with Crippen molar-refractivity contribution in [3.05, 3.63) is 209 Å². The first kappa shape index (κ1) is 34.0. The molecule has 0 aliphatic carbocycles. The fourth-order valence-corrected chi connectivity index (χ4v) is 7.22. The number of rotatable bonds is 8. The minimum Gasteiger partial charge on any atom is -0.317 e. The molecule has 0 aliphatic heterocycles. The van der Waals surface area contributed by atoms with Crippen molar-refractivity contribution in [2.45, 2.75) is 19.9 Å². The summed E-state index contributed by atoms with van der Waals surface area (Å²) in [4.78, 5) is 10.2. The van der Waals surface area contributed by atoms with Crippen molar-refractivity contribution >= 4 is 38.4 Å². The van der Waals surface area contributed by atoms with Crippen LogP contribution in [0.3, 0.4) is 0 Å². The van der Waals surface area contributed by atoms with Crippen molar-refractivity contribution in [2.75, 3.05) is 0 Å². The van der Waals surface area contributed by atoms with Crippen molar-refractivity contribution in [3.63, 3.8) is 0 Å². The molecule has 1 heterocycles. The van der Waals surface area contributed by atoms with E-state index in [0.717, 1.165) is 44.0 Å². The van der Waals surface area contributed by atoms with Crippen molar-refractivity contribution in [2.24, 2.45) is 9.98 Å². The minimum absolute atomic E-state index is 0.0978. The first-order valence-electron chi connectivity index (χ1n) is 17.9. The van der Waals surface area contributed by atoms with Crippen LogP contribution in [-0.4, -0.2) is 16.1 Å². The Bertz CT molecular complexity index is 2600. The summed E-state index contributed by atoms with van der Waals surface area (Å²) in [6, 6.07) is 64.1. The van der Waals surface area contributed by atoms with Gasteiger partial charge in [-0.25, -0.2) is 4.99 Å². The summed E-state index contributed by atoms with van der Waals surface area (Å²) >= 11 is 3.61. The Labute approximate surface area is 319 Å². The van der Waals surface area contributed by atoms with Gasteiger partial charge in [-0.3, -0.25) is 4.99 Å². The third-order valence-corrected chi connectivity index (χ3v) is 10.2. The number of amidine groups is 1. The SMILES string of the molecule is C/C(=N\C(=N/C(C)c1cccc(-c2cccc(-c3cccc(-n4ccc5cc(-c6cccc(Br)c6)ccc54)c3)c2)c1)c1ccccc1)c1ccccc1. The highest BCUT2D eigenvalue weighted by molar-refractivity contribution is 9.10. The quantitative estimate of drug-likeness (QED) is 0.109. The van der Waals surface area contributed by atoms with E-state index in [0.29, 0.717) is 0 Å². The molecule has 0 spiro atoms. The normalized spacial score (nSPS) is 12.6. The van der Waals surface area contributed by atoms with Crippen LogP contribution in [0.1, 0.15) is 36.6 Å². The molecule has 0 bridgehead atoms. The Morgan fingerprint density at radius 2 is 1.11 bits per heavy atom. The number of aliphatic imine (C=N–C) groups is 2. The van der Waals surface area contributed by atoms with Crippen molar-refractivity contribution in [1.29, 1.82) is 0 Å². The molecule has 0 aliphatic rings. The molecule has 8 aromatic rings. The van der Waals surface area contributed by atoms with E-state index in [9.17, 15) is 0 Å². The molecule has 1 unspecified atom stereocenters. The average Bonchev–Trinajstić information content (AvgIpc) is 3.65. The smallest absolute Gasteiger partial charge is 0.155 e. The highest BCUT2D eigenvalue weighted by atomic mass is 79.9. The van der Waals surface area contributed by atoms with Gasteiger partial charge in [-0.2, -0.15) is 0 Å². The zero-order chi connectivity index (χ0) is 36.1. The average molecular weight is 749 g/mol. The molecule has 256 valence electrons. The first-order chi connectivity index (χ1) is 26.0. The minimum atomic E-state index is -0.0978. The van der Waals surface area contributed by atoms with E-state index in [1.807, 2.05) is 43.3 Å². The van der Waals surface area contributed by atoms with Crippen molar-refractivity contribution < 1.29 is 0 Å². The van der Waals surface area contributed by atoms with Crippen LogP contribution in [0.5, 0.6) is 0 Å². The van der Waals surface area contributed by atoms with Crippen LogP contribution >= 0.6 is 15.9 Å². The molecule has 4 heteroatoms. The van der Waals surface area contributed by atoms with Gasteiger partial charge in [0.1, 0.15) is 0 Å². The van der Waals surface area contributed by atoms with Crippen LogP contribution in [-0.2, 0) is 0 Å². The third-order valence-electron chi connectivity index (χ3n) is 9.68. The van der Waals surface area contributed by atoms with E-state index in [4.69, 9.17) is 9.98 Å². The van der Waals surface area contributed by atoms with Crippen LogP contribution in [0.25, 0.3) is 50.0 Å². The van der Waals surface area contributed by atoms with Crippen LogP contribution < -0.4 is 0 Å². The van der Waals surface area contributed by atoms with Gasteiger partial charge >= 0.3 is 0 Å². The summed E-state index contributed by atoms with van der Waals surface area (Å²) in [6.07, 6.45) is 2.16. The lowest BCUT2D eigenvalue weighted by Crippen LogP contribution is -2.05. The van der Waals surface area contributed by atoms with Gasteiger partial charge in [-0.15, -0.1) is 0 Å². The molecule has 0 radical (unpaired) electrons. The van der Waals surface area contributed by atoms with Gasteiger partial charge in [0.25, 0.3) is 0 Å². The van der Waals surface area contributed by atoms with Gasteiger partial charge in [0.05, 0.1) is 11.6 Å². The maximum absolute atomic E-state index is 5.19. The molecule has 1 atom stereocenters. The molecule has 8 rings (SSSR count). The summed E-state index contributed by atoms with van der Waals surface area (Å²) in [5.74, 6) is 0.729. The van der Waals surface area contributed by atoms with E-state index in [1.54, 1.807) is 0 Å². The molecule has 0 saturated heterocycles. The number of hydrogen-bond donors (Lipinski definition) is 0. The Morgan fingerprint density at radius 3 is 1.83 bits per heavy atom. The second-order valence-corrected chi connectivity index (χ2v) is 14.2. The Morgan fingerprint density at radius 1 is 0.528 bits per heavy atom. The van der Waals surface area contributed by atoms with Gasteiger partial charge in [0.2, 0.25) is 0 Å². The lowest BCUT2D eigenvalue weighted by molar-refractivity contribution is 0.819. The lowest BCUT2D eigenvalue weighted by Gasteiger charge is -2.13. The Kier molecular flexibility index (Phi) is 9.79. The van der Waals surface area contributed by atoms with E-state index < -0.39 is 0 Å². The monoisotopic (exact) mass is 747 g/mol. The number of halogens is 1. The molecular weight excluding hydrogens is 710 g/mol. The zero-order valence-electron chi connectivity index (χ0n) is 29.7. The third kappa shape index (κ3) is 7.60. The summed E-state index contributed by atoms with van der Waals surface area (Å²) < 4.78 is 3.35. The van der Waals surface area contributed by atoms with Gasteiger partial charge in [-0.1, -0.05) is 143 Å². The second kappa shape index (κ2) is 15.2. The molecule has 7 aromatic carbocycles. The van der Waals surface area contributed by atoms with Crippen LogP contribution in [0.4, 0.5) is 0 Å². The summed E-state index contributed by atoms with van der Waals surface area (Å²) in [7, 11) is 0. The Balaban J connectivity index is 1.08. The fraction of sp³-hybridized carbons (Fsp3) is 0.0612. The van der Waals surface area contributed by atoms with Crippen LogP contribution in [0.15, 0.2) is 203 Å². The lowest BCUT2D eigenvalue weighted by atomic mass is 9.96. The molecular formula is C49H38BrN3. The molecule has 53 heavy (non-hydrogen) atoms. The molecule has 0 fully saturated rings. The summed E-state index contributed by atoms with van der Waals surface area (Å²) in [5.41, 5.74) is 13.5. The standard InChI is InChI=1S/C49H38BrN3/c1-34(36-13-5-3-6-14-36)51-49(37-15-7-4-8-16-37)52-35(2)38-17-9-18-39(29-38)40-19-10-20-41(30-40)43-22-12-24-47(33-43)53-28-27-45-31-44(25-26-48(45)53)42-21-11-23-46(50)32-42/h3-33,35H,1-2H3/b51-34+,52-49-. The number of benzene rings is 7. The van der Waals surface area contributed by atoms with E-state index >= 15 is 0 Å². The maximum Gasteiger partial charge on any atom is 0.155 e. The highest BCUT2D eigenvalue weighted by Gasteiger charge is 2.12. The number of nitrogens with zero attached hydrogens (tertiary/aromatic N) is 3. The number of hydrogen-bond acceptors (Lipinski definition) is 1. The maximum atomic E-state index is 5.19. The fourth-order valence-electron chi connectivity index (χ4n) is 6.82. The molecule has 0 saturated carbocycles. The summed E-state index contributed by atoms with van der Waals surface area (Å²) in [5, 5.41) is 1.21. The summed E-state index contributed by atoms with van der Waals surface area (Å²) in [6.45, 7) is 4.19. The Hall–Kier alpha value is -6.10. The van der Waals surface area contributed by atoms with E-state index in [1.165, 1.54) is 38.7 Å².